The van der Waals surface area contributed by atoms with Gasteiger partial charge in [0, 0.05) is 18.7 Å². The van der Waals surface area contributed by atoms with Crippen LogP contribution in [0.25, 0.3) is 0 Å². The SMILES string of the molecule is NCCOc1ccc(NC(=O)CCC(F)(F)F)cc1. The summed E-state index contributed by atoms with van der Waals surface area (Å²) in [6, 6.07) is 6.32. The normalized spacial score (nSPS) is 11.2. The van der Waals surface area contributed by atoms with Crippen LogP contribution >= 0.6 is 0 Å². The number of rotatable bonds is 6. The van der Waals surface area contributed by atoms with Crippen molar-refractivity contribution in [3.63, 3.8) is 0 Å². The summed E-state index contributed by atoms with van der Waals surface area (Å²) in [4.78, 5) is 11.3. The molecular formula is C12H15F3N2O2. The van der Waals surface area contributed by atoms with Crippen LogP contribution in [0, 0.1) is 0 Å². The van der Waals surface area contributed by atoms with Crippen LogP contribution in [0.5, 0.6) is 5.75 Å². The zero-order valence-corrected chi connectivity index (χ0v) is 10.2. The lowest BCUT2D eigenvalue weighted by molar-refractivity contribution is -0.142. The maximum atomic E-state index is 11.9. The predicted molar refractivity (Wildman–Crippen MR) is 64.9 cm³/mol. The molecule has 1 aromatic rings. The van der Waals surface area contributed by atoms with Gasteiger partial charge in [0.15, 0.2) is 0 Å². The second-order valence-corrected chi connectivity index (χ2v) is 3.82. The lowest BCUT2D eigenvalue weighted by atomic mass is 10.2. The third-order valence-corrected chi connectivity index (χ3v) is 2.16. The van der Waals surface area contributed by atoms with E-state index < -0.39 is 24.9 Å². The Morgan fingerprint density at radius 3 is 2.42 bits per heavy atom. The first-order chi connectivity index (χ1) is 8.90. The van der Waals surface area contributed by atoms with Crippen molar-refractivity contribution in [2.24, 2.45) is 5.73 Å². The summed E-state index contributed by atoms with van der Waals surface area (Å²) in [6.07, 6.45) is -6.04. The number of benzene rings is 1. The zero-order valence-electron chi connectivity index (χ0n) is 10.2. The van der Waals surface area contributed by atoms with Crippen molar-refractivity contribution in [1.29, 1.82) is 0 Å². The van der Waals surface area contributed by atoms with Crippen LogP contribution in [0.1, 0.15) is 12.8 Å². The summed E-state index contributed by atoms with van der Waals surface area (Å²) in [6.45, 7) is 0.757. The van der Waals surface area contributed by atoms with Gasteiger partial charge in [-0.05, 0) is 24.3 Å². The van der Waals surface area contributed by atoms with E-state index in [9.17, 15) is 18.0 Å². The second-order valence-electron chi connectivity index (χ2n) is 3.82. The maximum absolute atomic E-state index is 11.9. The summed E-state index contributed by atoms with van der Waals surface area (Å²) in [5.74, 6) is -0.0910. The molecule has 0 saturated carbocycles. The van der Waals surface area contributed by atoms with Crippen LogP contribution in [0.15, 0.2) is 24.3 Å². The molecule has 7 heteroatoms. The molecule has 4 nitrogen and oxygen atoms in total. The Balaban J connectivity index is 2.42. The first kappa shape index (κ1) is 15.3. The van der Waals surface area contributed by atoms with Crippen molar-refractivity contribution < 1.29 is 22.7 Å². The minimum Gasteiger partial charge on any atom is -0.492 e. The number of nitrogens with two attached hydrogens (primary N) is 1. The van der Waals surface area contributed by atoms with Crippen LogP contribution in [0.4, 0.5) is 18.9 Å². The second kappa shape index (κ2) is 6.98. The summed E-state index contributed by atoms with van der Waals surface area (Å²) < 4.78 is 41.0. The molecule has 0 spiro atoms. The Labute approximate surface area is 108 Å². The fourth-order valence-electron chi connectivity index (χ4n) is 1.29. The average Bonchev–Trinajstić information content (AvgIpc) is 2.35. The van der Waals surface area contributed by atoms with Gasteiger partial charge in [-0.1, -0.05) is 0 Å². The van der Waals surface area contributed by atoms with Crippen LogP contribution in [0.2, 0.25) is 0 Å². The summed E-state index contributed by atoms with van der Waals surface area (Å²) in [5, 5.41) is 2.38. The summed E-state index contributed by atoms with van der Waals surface area (Å²) in [5.41, 5.74) is 5.69. The third kappa shape index (κ3) is 6.66. The number of hydrogen-bond acceptors (Lipinski definition) is 3. The van der Waals surface area contributed by atoms with E-state index in [0.29, 0.717) is 24.6 Å². The highest BCUT2D eigenvalue weighted by Crippen LogP contribution is 2.22. The van der Waals surface area contributed by atoms with Crippen molar-refractivity contribution >= 4 is 11.6 Å². The van der Waals surface area contributed by atoms with Crippen LogP contribution in [0.3, 0.4) is 0 Å². The van der Waals surface area contributed by atoms with Crippen molar-refractivity contribution in [3.8, 4) is 5.75 Å². The highest BCUT2D eigenvalue weighted by Gasteiger charge is 2.27. The van der Waals surface area contributed by atoms with E-state index in [1.54, 1.807) is 24.3 Å². The highest BCUT2D eigenvalue weighted by molar-refractivity contribution is 5.90. The lowest BCUT2D eigenvalue weighted by Gasteiger charge is -2.08. The minimum atomic E-state index is -4.32. The quantitative estimate of drug-likeness (QED) is 0.838. The Morgan fingerprint density at radius 2 is 1.89 bits per heavy atom. The van der Waals surface area contributed by atoms with Gasteiger partial charge in [0.1, 0.15) is 12.4 Å². The number of ether oxygens (including phenoxy) is 1. The molecule has 0 fully saturated rings. The standard InChI is InChI=1S/C12H15F3N2O2/c13-12(14,15)6-5-11(18)17-9-1-3-10(4-2-9)19-8-7-16/h1-4H,5-8,16H2,(H,17,18). The fraction of sp³-hybridized carbons (Fsp3) is 0.417. The molecule has 0 heterocycles. The van der Waals surface area contributed by atoms with Crippen molar-refractivity contribution in [1.82, 2.24) is 0 Å². The van der Waals surface area contributed by atoms with E-state index >= 15 is 0 Å². The monoisotopic (exact) mass is 276 g/mol. The van der Waals surface area contributed by atoms with Gasteiger partial charge < -0.3 is 15.8 Å². The van der Waals surface area contributed by atoms with Gasteiger partial charge in [-0.15, -0.1) is 0 Å². The molecule has 0 aliphatic rings. The van der Waals surface area contributed by atoms with E-state index in [1.807, 2.05) is 0 Å². The molecule has 0 aliphatic heterocycles. The number of carbonyl (C=O) groups is 1. The third-order valence-electron chi connectivity index (χ3n) is 2.16. The van der Waals surface area contributed by atoms with Gasteiger partial charge in [0.05, 0.1) is 6.42 Å². The molecule has 0 radical (unpaired) electrons. The summed E-state index contributed by atoms with van der Waals surface area (Å²) in [7, 11) is 0. The van der Waals surface area contributed by atoms with E-state index in [1.165, 1.54) is 0 Å². The lowest BCUT2D eigenvalue weighted by Crippen LogP contribution is -2.16. The van der Waals surface area contributed by atoms with E-state index in [4.69, 9.17) is 10.5 Å². The van der Waals surface area contributed by atoms with Gasteiger partial charge in [0.25, 0.3) is 0 Å². The zero-order chi connectivity index (χ0) is 14.3. The Bertz CT molecular complexity index is 404. The van der Waals surface area contributed by atoms with E-state index in [0.717, 1.165) is 0 Å². The van der Waals surface area contributed by atoms with Crippen molar-refractivity contribution in [3.05, 3.63) is 24.3 Å². The molecule has 0 unspecified atom stereocenters. The van der Waals surface area contributed by atoms with Crippen molar-refractivity contribution in [2.45, 2.75) is 19.0 Å². The molecule has 106 valence electrons. The van der Waals surface area contributed by atoms with Crippen LogP contribution in [-0.4, -0.2) is 25.2 Å². The molecule has 1 rings (SSSR count). The minimum absolute atomic E-state index is 0.372. The molecule has 0 aromatic heterocycles. The smallest absolute Gasteiger partial charge is 0.389 e. The Hall–Kier alpha value is -1.76. The molecule has 1 amide bonds. The first-order valence-electron chi connectivity index (χ1n) is 5.70. The average molecular weight is 276 g/mol. The first-order valence-corrected chi connectivity index (χ1v) is 5.70. The number of anilines is 1. The van der Waals surface area contributed by atoms with Crippen LogP contribution < -0.4 is 15.8 Å². The number of carbonyl (C=O) groups excluding carboxylic acids is 1. The van der Waals surface area contributed by atoms with Gasteiger partial charge in [-0.25, -0.2) is 0 Å². The number of nitrogens with one attached hydrogen (secondary N) is 1. The van der Waals surface area contributed by atoms with E-state index in [-0.39, 0.29) is 0 Å². The largest absolute Gasteiger partial charge is 0.492 e. The van der Waals surface area contributed by atoms with Crippen molar-refractivity contribution in [2.75, 3.05) is 18.5 Å². The van der Waals surface area contributed by atoms with Gasteiger partial charge >= 0.3 is 6.18 Å². The fourth-order valence-corrected chi connectivity index (χ4v) is 1.29. The number of alkyl halides is 3. The number of amides is 1. The molecule has 3 N–H and O–H groups in total. The van der Waals surface area contributed by atoms with Gasteiger partial charge in [-0.2, -0.15) is 13.2 Å². The van der Waals surface area contributed by atoms with Gasteiger partial charge in [-0.3, -0.25) is 4.79 Å². The number of halogens is 3. The molecule has 0 aliphatic carbocycles. The van der Waals surface area contributed by atoms with Crippen LogP contribution in [-0.2, 0) is 4.79 Å². The molecule has 0 bridgehead atoms. The Morgan fingerprint density at radius 1 is 1.26 bits per heavy atom. The topological polar surface area (TPSA) is 64.3 Å². The van der Waals surface area contributed by atoms with E-state index in [2.05, 4.69) is 5.32 Å². The predicted octanol–water partition coefficient (Wildman–Crippen LogP) is 2.31. The Kier molecular flexibility index (Phi) is 5.62. The molecule has 0 saturated heterocycles. The van der Waals surface area contributed by atoms with Gasteiger partial charge in [0.2, 0.25) is 5.91 Å². The summed E-state index contributed by atoms with van der Waals surface area (Å²) >= 11 is 0. The molecular weight excluding hydrogens is 261 g/mol. The molecule has 1 aromatic carbocycles. The number of hydrogen-bond donors (Lipinski definition) is 2. The molecule has 0 atom stereocenters. The molecule has 19 heavy (non-hydrogen) atoms. The maximum Gasteiger partial charge on any atom is 0.389 e. The highest BCUT2D eigenvalue weighted by atomic mass is 19.4.